The summed E-state index contributed by atoms with van der Waals surface area (Å²) < 4.78 is 18.1. The minimum Gasteiger partial charge on any atom is -0.503 e. The van der Waals surface area contributed by atoms with Crippen molar-refractivity contribution < 1.29 is 19.0 Å². The second-order valence-corrected chi connectivity index (χ2v) is 5.58. The summed E-state index contributed by atoms with van der Waals surface area (Å²) in [5.74, 6) is -1.07. The van der Waals surface area contributed by atoms with Crippen LogP contribution in [0.2, 0.25) is 0 Å². The Balaban J connectivity index is 1.87. The van der Waals surface area contributed by atoms with E-state index < -0.39 is 5.91 Å². The molecule has 0 spiro atoms. The van der Waals surface area contributed by atoms with Crippen LogP contribution in [0, 0.1) is 5.82 Å². The number of nitrogens with one attached hydrogen (secondary N) is 1. The average molecular weight is 352 g/mol. The number of methoxy groups -OCH3 is 1. The molecule has 0 fully saturated rings. The predicted molar refractivity (Wildman–Crippen MR) is 95.5 cm³/mol. The third kappa shape index (κ3) is 3.80. The number of aromatic nitrogens is 1. The Kier molecular flexibility index (Phi) is 5.12. The zero-order chi connectivity index (χ0) is 18.5. The van der Waals surface area contributed by atoms with Gasteiger partial charge in [0.25, 0.3) is 5.91 Å². The van der Waals surface area contributed by atoms with E-state index in [0.29, 0.717) is 5.69 Å². The van der Waals surface area contributed by atoms with Gasteiger partial charge in [0.05, 0.1) is 12.8 Å². The number of rotatable bonds is 5. The van der Waals surface area contributed by atoms with Crippen LogP contribution in [0.4, 0.5) is 4.39 Å². The highest BCUT2D eigenvalue weighted by molar-refractivity contribution is 5.96. The predicted octanol–water partition coefficient (Wildman–Crippen LogP) is 3.53. The van der Waals surface area contributed by atoms with Gasteiger partial charge in [0, 0.05) is 18.2 Å². The fourth-order valence-corrected chi connectivity index (χ4v) is 2.45. The maximum absolute atomic E-state index is 12.9. The smallest absolute Gasteiger partial charge is 0.274 e. The summed E-state index contributed by atoms with van der Waals surface area (Å²) in [6.45, 7) is 0.179. The monoisotopic (exact) mass is 352 g/mol. The highest BCUT2D eigenvalue weighted by Gasteiger charge is 2.19. The van der Waals surface area contributed by atoms with Crippen LogP contribution < -0.4 is 10.1 Å². The van der Waals surface area contributed by atoms with Gasteiger partial charge in [-0.1, -0.05) is 42.5 Å². The Morgan fingerprint density at radius 2 is 1.85 bits per heavy atom. The lowest BCUT2D eigenvalue weighted by Crippen LogP contribution is -2.24. The Morgan fingerprint density at radius 1 is 1.15 bits per heavy atom. The molecule has 1 amide bonds. The number of benzene rings is 2. The molecule has 0 aliphatic heterocycles. The van der Waals surface area contributed by atoms with Gasteiger partial charge >= 0.3 is 0 Å². The molecule has 132 valence electrons. The van der Waals surface area contributed by atoms with Crippen LogP contribution in [0.1, 0.15) is 16.1 Å². The average Bonchev–Trinajstić information content (AvgIpc) is 2.68. The molecular weight excluding hydrogens is 335 g/mol. The molecule has 6 heteroatoms. The summed E-state index contributed by atoms with van der Waals surface area (Å²) in [5, 5.41) is 12.9. The number of aromatic hydroxyl groups is 1. The van der Waals surface area contributed by atoms with E-state index in [1.165, 1.54) is 19.2 Å². The van der Waals surface area contributed by atoms with E-state index in [0.717, 1.165) is 11.1 Å². The van der Waals surface area contributed by atoms with Crippen LogP contribution in [0.25, 0.3) is 11.3 Å². The number of amides is 1. The standard InChI is InChI=1S/C20H17FN2O3/c1-26-17-11-16(14-5-3-2-4-6-14)23-18(19(17)24)20(25)22-12-13-7-9-15(21)10-8-13/h2-11,24H,12H2,1H3,(H,22,25). The third-order valence-electron chi connectivity index (χ3n) is 3.83. The number of carbonyl (C=O) groups excluding carboxylic acids is 1. The van der Waals surface area contributed by atoms with Crippen molar-refractivity contribution in [3.63, 3.8) is 0 Å². The second-order valence-electron chi connectivity index (χ2n) is 5.58. The van der Waals surface area contributed by atoms with Crippen LogP contribution in [0.5, 0.6) is 11.5 Å². The molecule has 1 aromatic heterocycles. The lowest BCUT2D eigenvalue weighted by Gasteiger charge is -2.12. The maximum Gasteiger partial charge on any atom is 0.274 e. The number of hydrogen-bond donors (Lipinski definition) is 2. The van der Waals surface area contributed by atoms with Gasteiger partial charge in [0.1, 0.15) is 5.82 Å². The number of pyridine rings is 1. The van der Waals surface area contributed by atoms with Crippen LogP contribution >= 0.6 is 0 Å². The minimum absolute atomic E-state index is 0.134. The van der Waals surface area contributed by atoms with Crippen molar-refractivity contribution in [1.82, 2.24) is 10.3 Å². The van der Waals surface area contributed by atoms with Gasteiger partial charge in [-0.05, 0) is 17.7 Å². The van der Waals surface area contributed by atoms with Crippen LogP contribution in [-0.2, 0) is 6.54 Å². The summed E-state index contributed by atoms with van der Waals surface area (Å²) >= 11 is 0. The molecule has 5 nitrogen and oxygen atoms in total. The van der Waals surface area contributed by atoms with E-state index in [4.69, 9.17) is 4.74 Å². The van der Waals surface area contributed by atoms with Crippen LogP contribution in [-0.4, -0.2) is 23.1 Å². The molecule has 0 unspecified atom stereocenters. The van der Waals surface area contributed by atoms with E-state index in [9.17, 15) is 14.3 Å². The van der Waals surface area contributed by atoms with Gasteiger partial charge < -0.3 is 15.2 Å². The van der Waals surface area contributed by atoms with Crippen molar-refractivity contribution in [2.45, 2.75) is 6.54 Å². The Bertz CT molecular complexity index is 912. The normalized spacial score (nSPS) is 10.4. The molecule has 26 heavy (non-hydrogen) atoms. The van der Waals surface area contributed by atoms with Gasteiger partial charge in [0.15, 0.2) is 17.2 Å². The number of ether oxygens (including phenoxy) is 1. The summed E-state index contributed by atoms with van der Waals surface area (Å²) in [4.78, 5) is 16.8. The molecular formula is C20H17FN2O3. The van der Waals surface area contributed by atoms with Crippen LogP contribution in [0.15, 0.2) is 60.7 Å². The van der Waals surface area contributed by atoms with Crippen LogP contribution in [0.3, 0.4) is 0 Å². The summed E-state index contributed by atoms with van der Waals surface area (Å²) in [7, 11) is 1.41. The number of hydrogen-bond acceptors (Lipinski definition) is 4. The SMILES string of the molecule is COc1cc(-c2ccccc2)nc(C(=O)NCc2ccc(F)cc2)c1O. The zero-order valence-corrected chi connectivity index (χ0v) is 14.1. The number of halogens is 1. The summed E-state index contributed by atoms with van der Waals surface area (Å²) in [5.41, 5.74) is 1.89. The van der Waals surface area contributed by atoms with Crippen molar-refractivity contribution in [3.05, 3.63) is 77.7 Å². The summed E-state index contributed by atoms with van der Waals surface area (Å²) in [6.07, 6.45) is 0. The van der Waals surface area contributed by atoms with E-state index in [1.807, 2.05) is 30.3 Å². The van der Waals surface area contributed by atoms with Crippen molar-refractivity contribution >= 4 is 5.91 Å². The zero-order valence-electron chi connectivity index (χ0n) is 14.1. The van der Waals surface area contributed by atoms with Gasteiger partial charge in [-0.25, -0.2) is 9.37 Å². The van der Waals surface area contributed by atoms with E-state index in [1.54, 1.807) is 18.2 Å². The fraction of sp³-hybridized carbons (Fsp3) is 0.100. The van der Waals surface area contributed by atoms with E-state index in [2.05, 4.69) is 10.3 Å². The van der Waals surface area contributed by atoms with Crippen molar-refractivity contribution in [2.75, 3.05) is 7.11 Å². The van der Waals surface area contributed by atoms with Crippen molar-refractivity contribution in [2.24, 2.45) is 0 Å². The van der Waals surface area contributed by atoms with E-state index in [-0.39, 0.29) is 29.6 Å². The molecule has 3 aromatic rings. The molecule has 2 N–H and O–H groups in total. The third-order valence-corrected chi connectivity index (χ3v) is 3.83. The lowest BCUT2D eigenvalue weighted by molar-refractivity contribution is 0.0942. The fourth-order valence-electron chi connectivity index (χ4n) is 2.45. The minimum atomic E-state index is -0.553. The highest BCUT2D eigenvalue weighted by Crippen LogP contribution is 2.33. The Hall–Kier alpha value is -3.41. The van der Waals surface area contributed by atoms with Crippen molar-refractivity contribution in [3.8, 4) is 22.8 Å². The molecule has 0 aliphatic rings. The molecule has 2 aromatic carbocycles. The Labute approximate surface area is 150 Å². The molecule has 0 radical (unpaired) electrons. The first-order chi connectivity index (χ1) is 12.6. The quantitative estimate of drug-likeness (QED) is 0.737. The Morgan fingerprint density at radius 3 is 2.50 bits per heavy atom. The van der Waals surface area contributed by atoms with Gasteiger partial charge in [-0.2, -0.15) is 0 Å². The first kappa shape index (κ1) is 17.4. The largest absolute Gasteiger partial charge is 0.503 e. The topological polar surface area (TPSA) is 71.5 Å². The number of nitrogens with zero attached hydrogens (tertiary/aromatic N) is 1. The maximum atomic E-state index is 12.9. The lowest BCUT2D eigenvalue weighted by atomic mass is 10.1. The van der Waals surface area contributed by atoms with Gasteiger partial charge in [-0.15, -0.1) is 0 Å². The molecule has 0 saturated carbocycles. The second kappa shape index (κ2) is 7.65. The molecule has 0 saturated heterocycles. The molecule has 3 rings (SSSR count). The van der Waals surface area contributed by atoms with Gasteiger partial charge in [0.2, 0.25) is 0 Å². The van der Waals surface area contributed by atoms with E-state index >= 15 is 0 Å². The summed E-state index contributed by atoms with van der Waals surface area (Å²) in [6, 6.07) is 16.6. The highest BCUT2D eigenvalue weighted by atomic mass is 19.1. The molecule has 1 heterocycles. The first-order valence-electron chi connectivity index (χ1n) is 7.94. The number of carbonyl (C=O) groups is 1. The molecule has 0 bridgehead atoms. The van der Waals surface area contributed by atoms with Crippen molar-refractivity contribution in [1.29, 1.82) is 0 Å². The first-order valence-corrected chi connectivity index (χ1v) is 7.94. The van der Waals surface area contributed by atoms with Gasteiger partial charge in [-0.3, -0.25) is 4.79 Å². The molecule has 0 atom stereocenters. The molecule has 0 aliphatic carbocycles.